The molecule has 0 atom stereocenters. The molecule has 2 aromatic carbocycles. The summed E-state index contributed by atoms with van der Waals surface area (Å²) in [5.41, 5.74) is 0.769. The summed E-state index contributed by atoms with van der Waals surface area (Å²) in [7, 11) is -0.931. The first-order valence-electron chi connectivity index (χ1n) is 7.81. The van der Waals surface area contributed by atoms with Crippen molar-refractivity contribution in [3.05, 3.63) is 48.0 Å². The SMILES string of the molecule is C[Si](C)(C)CCSCCNC(=O)c1cccc2ccccc12. The van der Waals surface area contributed by atoms with Gasteiger partial charge < -0.3 is 5.32 Å². The van der Waals surface area contributed by atoms with Gasteiger partial charge in [-0.3, -0.25) is 4.79 Å². The van der Waals surface area contributed by atoms with E-state index >= 15 is 0 Å². The molecule has 118 valence electrons. The van der Waals surface area contributed by atoms with E-state index in [4.69, 9.17) is 0 Å². The average molecular weight is 332 g/mol. The number of rotatable bonds is 7. The molecule has 2 nitrogen and oxygen atoms in total. The van der Waals surface area contributed by atoms with Crippen molar-refractivity contribution in [2.75, 3.05) is 18.1 Å². The van der Waals surface area contributed by atoms with E-state index in [-0.39, 0.29) is 5.91 Å². The van der Waals surface area contributed by atoms with Gasteiger partial charge in [-0.25, -0.2) is 0 Å². The summed E-state index contributed by atoms with van der Waals surface area (Å²) in [6, 6.07) is 15.2. The van der Waals surface area contributed by atoms with Crippen LogP contribution in [0.5, 0.6) is 0 Å². The summed E-state index contributed by atoms with van der Waals surface area (Å²) in [6.07, 6.45) is 0. The van der Waals surface area contributed by atoms with E-state index in [9.17, 15) is 4.79 Å². The molecule has 0 saturated carbocycles. The number of carbonyl (C=O) groups excluding carboxylic acids is 1. The van der Waals surface area contributed by atoms with Crippen LogP contribution in [0.25, 0.3) is 10.8 Å². The number of carbonyl (C=O) groups is 1. The van der Waals surface area contributed by atoms with Crippen molar-refractivity contribution < 1.29 is 4.79 Å². The maximum atomic E-state index is 12.3. The predicted octanol–water partition coefficient (Wildman–Crippen LogP) is 4.64. The van der Waals surface area contributed by atoms with Crippen molar-refractivity contribution >= 4 is 36.5 Å². The smallest absolute Gasteiger partial charge is 0.251 e. The van der Waals surface area contributed by atoms with Gasteiger partial charge in [0.05, 0.1) is 0 Å². The molecule has 0 aromatic heterocycles. The lowest BCUT2D eigenvalue weighted by Gasteiger charge is -2.14. The minimum Gasteiger partial charge on any atom is -0.351 e. The number of fused-ring (bicyclic) bond motifs is 1. The maximum absolute atomic E-state index is 12.3. The molecule has 1 N–H and O–H groups in total. The predicted molar refractivity (Wildman–Crippen MR) is 102 cm³/mol. The summed E-state index contributed by atoms with van der Waals surface area (Å²) >= 11 is 1.94. The van der Waals surface area contributed by atoms with Crippen LogP contribution >= 0.6 is 11.8 Å². The zero-order chi connectivity index (χ0) is 16.0. The summed E-state index contributed by atoms with van der Waals surface area (Å²) < 4.78 is 0. The third kappa shape index (κ3) is 5.18. The quantitative estimate of drug-likeness (QED) is 0.591. The molecule has 2 aromatic rings. The van der Waals surface area contributed by atoms with Crippen molar-refractivity contribution in [1.29, 1.82) is 0 Å². The lowest BCUT2D eigenvalue weighted by Crippen LogP contribution is -2.26. The maximum Gasteiger partial charge on any atom is 0.251 e. The van der Waals surface area contributed by atoms with Crippen LogP contribution in [0.3, 0.4) is 0 Å². The second-order valence-corrected chi connectivity index (χ2v) is 13.6. The van der Waals surface area contributed by atoms with Crippen molar-refractivity contribution in [3.8, 4) is 0 Å². The topological polar surface area (TPSA) is 29.1 Å². The molecule has 0 fully saturated rings. The Kier molecular flexibility index (Phi) is 6.09. The Morgan fingerprint density at radius 3 is 2.55 bits per heavy atom. The molecule has 0 aliphatic heterocycles. The number of amides is 1. The second kappa shape index (κ2) is 7.84. The highest BCUT2D eigenvalue weighted by Gasteiger charge is 2.12. The molecule has 0 bridgehead atoms. The standard InChI is InChI=1S/C18H25NOSSi/c1-22(2,3)14-13-21-12-11-19-18(20)17-10-6-8-15-7-4-5-9-16(15)17/h4-10H,11-14H2,1-3H3,(H,19,20). The Balaban J connectivity index is 1.82. The van der Waals surface area contributed by atoms with Crippen LogP contribution in [-0.2, 0) is 0 Å². The van der Waals surface area contributed by atoms with Gasteiger partial charge in [0.1, 0.15) is 0 Å². The van der Waals surface area contributed by atoms with Crippen molar-refractivity contribution in [2.45, 2.75) is 25.7 Å². The zero-order valence-corrected chi connectivity index (χ0v) is 15.5. The molecule has 0 radical (unpaired) electrons. The highest BCUT2D eigenvalue weighted by molar-refractivity contribution is 7.99. The fourth-order valence-electron chi connectivity index (χ4n) is 2.24. The molecule has 4 heteroatoms. The van der Waals surface area contributed by atoms with Gasteiger partial charge in [-0.2, -0.15) is 11.8 Å². The molecule has 2 rings (SSSR count). The molecule has 0 aliphatic rings. The third-order valence-electron chi connectivity index (χ3n) is 3.56. The first-order valence-corrected chi connectivity index (χ1v) is 12.7. The van der Waals surface area contributed by atoms with Gasteiger partial charge in [0.15, 0.2) is 0 Å². The number of nitrogens with one attached hydrogen (secondary N) is 1. The molecule has 22 heavy (non-hydrogen) atoms. The van der Waals surface area contributed by atoms with E-state index in [1.807, 2.05) is 54.2 Å². The minimum atomic E-state index is -0.931. The largest absolute Gasteiger partial charge is 0.351 e. The first-order chi connectivity index (χ1) is 10.5. The van der Waals surface area contributed by atoms with Gasteiger partial charge >= 0.3 is 0 Å². The summed E-state index contributed by atoms with van der Waals surface area (Å²) in [4.78, 5) is 12.3. The first kappa shape index (κ1) is 17.1. The lowest BCUT2D eigenvalue weighted by molar-refractivity contribution is 0.0958. The van der Waals surface area contributed by atoms with Gasteiger partial charge in [0, 0.05) is 25.9 Å². The van der Waals surface area contributed by atoms with E-state index in [2.05, 4.69) is 25.0 Å². The van der Waals surface area contributed by atoms with Crippen molar-refractivity contribution in [3.63, 3.8) is 0 Å². The Labute approximate surface area is 138 Å². The van der Waals surface area contributed by atoms with Crippen LogP contribution in [-0.4, -0.2) is 32.0 Å². The fourth-order valence-corrected chi connectivity index (χ4v) is 5.71. The van der Waals surface area contributed by atoms with Gasteiger partial charge in [0.25, 0.3) is 5.91 Å². The zero-order valence-electron chi connectivity index (χ0n) is 13.7. The average Bonchev–Trinajstić information content (AvgIpc) is 2.49. The third-order valence-corrected chi connectivity index (χ3v) is 6.66. The molecular formula is C18H25NOSSi. The lowest BCUT2D eigenvalue weighted by atomic mass is 10.0. The van der Waals surface area contributed by atoms with Crippen LogP contribution in [0.1, 0.15) is 10.4 Å². The molecular weight excluding hydrogens is 306 g/mol. The van der Waals surface area contributed by atoms with E-state index < -0.39 is 8.07 Å². The number of hydrogen-bond donors (Lipinski definition) is 1. The van der Waals surface area contributed by atoms with Crippen LogP contribution in [0.2, 0.25) is 25.7 Å². The Bertz CT molecular complexity index is 631. The van der Waals surface area contributed by atoms with E-state index in [0.717, 1.165) is 28.6 Å². The van der Waals surface area contributed by atoms with Crippen molar-refractivity contribution in [2.24, 2.45) is 0 Å². The van der Waals surface area contributed by atoms with Gasteiger partial charge in [-0.15, -0.1) is 0 Å². The highest BCUT2D eigenvalue weighted by Crippen LogP contribution is 2.18. The normalized spacial score (nSPS) is 11.6. The summed E-state index contributed by atoms with van der Waals surface area (Å²) in [5, 5.41) is 5.17. The number of thioether (sulfide) groups is 1. The molecule has 0 heterocycles. The molecule has 0 aliphatic carbocycles. The molecule has 0 saturated heterocycles. The van der Waals surface area contributed by atoms with Gasteiger partial charge in [-0.1, -0.05) is 56.0 Å². The Hall–Kier alpha value is -1.26. The Morgan fingerprint density at radius 1 is 1.05 bits per heavy atom. The monoisotopic (exact) mass is 331 g/mol. The molecule has 0 spiro atoms. The van der Waals surface area contributed by atoms with Crippen LogP contribution in [0.4, 0.5) is 0 Å². The number of hydrogen-bond acceptors (Lipinski definition) is 2. The number of benzene rings is 2. The summed E-state index contributed by atoms with van der Waals surface area (Å²) in [6.45, 7) is 7.93. The van der Waals surface area contributed by atoms with E-state index in [1.165, 1.54) is 11.8 Å². The highest BCUT2D eigenvalue weighted by atomic mass is 32.2. The van der Waals surface area contributed by atoms with Crippen molar-refractivity contribution in [1.82, 2.24) is 5.32 Å². The van der Waals surface area contributed by atoms with E-state index in [0.29, 0.717) is 0 Å². The minimum absolute atomic E-state index is 0.0302. The Morgan fingerprint density at radius 2 is 1.77 bits per heavy atom. The van der Waals surface area contributed by atoms with Crippen LogP contribution < -0.4 is 5.32 Å². The second-order valence-electron chi connectivity index (χ2n) is 6.71. The van der Waals surface area contributed by atoms with Gasteiger partial charge in [0.2, 0.25) is 0 Å². The van der Waals surface area contributed by atoms with Gasteiger partial charge in [-0.05, 0) is 28.6 Å². The van der Waals surface area contributed by atoms with E-state index in [1.54, 1.807) is 0 Å². The molecule has 0 unspecified atom stereocenters. The summed E-state index contributed by atoms with van der Waals surface area (Å²) in [5.74, 6) is 2.23. The van der Waals surface area contributed by atoms with Crippen LogP contribution in [0.15, 0.2) is 42.5 Å². The van der Waals surface area contributed by atoms with Crippen LogP contribution in [0, 0.1) is 0 Å². The molecule has 1 amide bonds. The fraction of sp³-hybridized carbons (Fsp3) is 0.389.